The quantitative estimate of drug-likeness (QED) is 0.0807. The second-order valence-corrected chi connectivity index (χ2v) is 19.8. The molecule has 0 spiro atoms. The van der Waals surface area contributed by atoms with E-state index in [4.69, 9.17) is 21.3 Å². The predicted octanol–water partition coefficient (Wildman–Crippen LogP) is 7.06. The normalized spacial score (nSPS) is 17.3. The van der Waals surface area contributed by atoms with Crippen LogP contribution in [0.4, 0.5) is 0 Å². The molecule has 1 saturated heterocycles. The molecule has 0 saturated carbocycles. The van der Waals surface area contributed by atoms with Gasteiger partial charge in [0.2, 0.25) is 17.7 Å². The third kappa shape index (κ3) is 10.2. The van der Waals surface area contributed by atoms with Crippen molar-refractivity contribution in [1.82, 2.24) is 45.1 Å². The number of β-amino-alcohol motifs (C(OH)–C–C–N with tert-alkyl or cyclic N) is 1. The van der Waals surface area contributed by atoms with Crippen LogP contribution in [-0.2, 0) is 32.2 Å². The average molecular weight is 952 g/mol. The Morgan fingerprint density at radius 1 is 0.985 bits per heavy atom. The summed E-state index contributed by atoms with van der Waals surface area (Å²) in [7, 11) is 0. The molecule has 1 fully saturated rings. The van der Waals surface area contributed by atoms with Crippen LogP contribution in [0, 0.1) is 33.6 Å². The van der Waals surface area contributed by atoms with E-state index in [1.165, 1.54) is 9.78 Å². The number of aliphatic imine (C=N–C) groups is 1. The minimum absolute atomic E-state index is 0.0830. The standard InChI is InChI=1S/C48H55ClN10O5S2/c1-27(2)41(47(63)58-25-37(60)20-39(58)46(62)51-22-32-8-10-34(11-9-32)44-29(4)52-26-65-44)35-23-53-57(24-35)17-7-18-64-19-16-50-40(61)21-38-45-56-55-31(6)59(45)48-42(28(3)30(5)66-48)43(54-38)33-12-14-36(49)15-13-33/h8-15,23-24,26-27,37-39,41,60H,7,16-22,25H2,1-6H3,(H,50,61)(H,51,62)/t37-,38?,39+,41-/m1/s1. The lowest BCUT2D eigenvalue weighted by Gasteiger charge is -2.29. The highest BCUT2D eigenvalue weighted by Gasteiger charge is 2.42. The predicted molar refractivity (Wildman–Crippen MR) is 256 cm³/mol. The van der Waals surface area contributed by atoms with Gasteiger partial charge in [-0.1, -0.05) is 61.8 Å². The molecule has 0 radical (unpaired) electrons. The number of carbonyl (C=O) groups is 3. The Balaban J connectivity index is 0.808. The van der Waals surface area contributed by atoms with E-state index in [0.717, 1.165) is 60.5 Å². The molecule has 15 nitrogen and oxygen atoms in total. The van der Waals surface area contributed by atoms with Crippen LogP contribution in [0.2, 0.25) is 5.02 Å². The van der Waals surface area contributed by atoms with Crippen molar-refractivity contribution in [3.63, 3.8) is 0 Å². The highest BCUT2D eigenvalue weighted by atomic mass is 35.5. The van der Waals surface area contributed by atoms with E-state index in [2.05, 4.69) is 44.8 Å². The number of thiazole rings is 1. The van der Waals surface area contributed by atoms with Gasteiger partial charge in [0.1, 0.15) is 22.9 Å². The number of thiophene rings is 1. The number of aliphatic hydroxyl groups is 1. The van der Waals surface area contributed by atoms with Crippen LogP contribution in [0.5, 0.6) is 0 Å². The molecule has 66 heavy (non-hydrogen) atoms. The van der Waals surface area contributed by atoms with Crippen LogP contribution in [0.25, 0.3) is 15.4 Å². The lowest BCUT2D eigenvalue weighted by Crippen LogP contribution is -2.48. The Kier molecular flexibility index (Phi) is 14.6. The second kappa shape index (κ2) is 20.5. The maximum atomic E-state index is 14.2. The summed E-state index contributed by atoms with van der Waals surface area (Å²) in [6.07, 6.45) is 3.71. The number of ether oxygens (including phenoxy) is 1. The van der Waals surface area contributed by atoms with Crippen molar-refractivity contribution in [3.05, 3.63) is 121 Å². The van der Waals surface area contributed by atoms with Crippen LogP contribution in [0.3, 0.4) is 0 Å². The number of rotatable bonds is 17. The fraction of sp³-hybridized carbons (Fsp3) is 0.417. The summed E-state index contributed by atoms with van der Waals surface area (Å²) in [6, 6.07) is 14.2. The molecule has 2 aliphatic heterocycles. The summed E-state index contributed by atoms with van der Waals surface area (Å²) in [6.45, 7) is 14.1. The summed E-state index contributed by atoms with van der Waals surface area (Å²) in [5.74, 6) is 0.0499. The van der Waals surface area contributed by atoms with Crippen LogP contribution in [0.1, 0.15) is 95.1 Å². The van der Waals surface area contributed by atoms with Gasteiger partial charge in [0.15, 0.2) is 5.82 Å². The SMILES string of the molecule is Cc1ncsc1-c1ccc(CNC(=O)[C@@H]2C[C@@H](O)CN2C(=O)[C@@H](c2cnn(CCCOCCNC(=O)CC3N=C(c4ccc(Cl)cc4)c4c(sc(C)c4C)-n4c(C)nnc43)c2)C(C)C)cc1. The molecule has 2 aromatic carbocycles. The first-order valence-corrected chi connectivity index (χ1v) is 24.3. The molecule has 1 unspecified atom stereocenters. The van der Waals surface area contributed by atoms with Gasteiger partial charge in [-0.25, -0.2) is 4.98 Å². The number of nitrogens with one attached hydrogen (secondary N) is 2. The third-order valence-electron chi connectivity index (χ3n) is 12.2. The number of hydrogen-bond acceptors (Lipinski definition) is 12. The van der Waals surface area contributed by atoms with Crippen LogP contribution >= 0.6 is 34.3 Å². The van der Waals surface area contributed by atoms with Crippen LogP contribution < -0.4 is 10.6 Å². The third-order valence-corrected chi connectivity index (χ3v) is 14.6. The molecule has 18 heteroatoms. The van der Waals surface area contributed by atoms with E-state index in [1.54, 1.807) is 33.6 Å². The summed E-state index contributed by atoms with van der Waals surface area (Å²) in [4.78, 5) is 54.4. The fourth-order valence-electron chi connectivity index (χ4n) is 8.69. The number of amides is 3. The van der Waals surface area contributed by atoms with Gasteiger partial charge in [-0.05, 0) is 68.9 Å². The first-order chi connectivity index (χ1) is 31.8. The van der Waals surface area contributed by atoms with Gasteiger partial charge in [0, 0.05) is 72.0 Å². The number of carbonyl (C=O) groups excluding carboxylic acids is 3. The van der Waals surface area contributed by atoms with Crippen LogP contribution in [-0.4, -0.2) is 101 Å². The number of aromatic nitrogens is 6. The Bertz CT molecular complexity index is 2720. The lowest BCUT2D eigenvalue weighted by atomic mass is 9.89. The molecular weight excluding hydrogens is 896 g/mol. The molecule has 3 amide bonds. The van der Waals surface area contributed by atoms with Crippen molar-refractivity contribution >= 4 is 57.7 Å². The van der Waals surface area contributed by atoms with Gasteiger partial charge in [-0.15, -0.1) is 32.9 Å². The van der Waals surface area contributed by atoms with E-state index in [-0.39, 0.29) is 43.0 Å². The zero-order chi connectivity index (χ0) is 46.6. The summed E-state index contributed by atoms with van der Waals surface area (Å²) in [5.41, 5.74) is 9.40. The molecule has 8 rings (SSSR count). The Morgan fingerprint density at radius 3 is 2.47 bits per heavy atom. The number of aryl methyl sites for hydroxylation is 4. The molecule has 346 valence electrons. The molecule has 0 aliphatic carbocycles. The maximum Gasteiger partial charge on any atom is 0.243 e. The highest BCUT2D eigenvalue weighted by Crippen LogP contribution is 2.40. The lowest BCUT2D eigenvalue weighted by molar-refractivity contribution is -0.140. The van der Waals surface area contributed by atoms with Crippen molar-refractivity contribution in [2.45, 2.75) is 98.0 Å². The fourth-order valence-corrected chi connectivity index (χ4v) is 10.8. The van der Waals surface area contributed by atoms with E-state index in [9.17, 15) is 19.5 Å². The van der Waals surface area contributed by atoms with Crippen molar-refractivity contribution in [1.29, 1.82) is 0 Å². The first kappa shape index (κ1) is 46.9. The number of nitrogens with zero attached hydrogens (tertiary/aromatic N) is 8. The van der Waals surface area contributed by atoms with E-state index < -0.39 is 24.1 Å². The van der Waals surface area contributed by atoms with Gasteiger partial charge in [-0.2, -0.15) is 5.10 Å². The molecule has 4 atom stereocenters. The van der Waals surface area contributed by atoms with Crippen molar-refractivity contribution in [2.24, 2.45) is 10.9 Å². The maximum absolute atomic E-state index is 14.2. The molecule has 6 heterocycles. The monoisotopic (exact) mass is 950 g/mol. The molecule has 0 bridgehead atoms. The van der Waals surface area contributed by atoms with Crippen molar-refractivity contribution in [3.8, 4) is 15.4 Å². The topological polar surface area (TPSA) is 182 Å². The van der Waals surface area contributed by atoms with Gasteiger partial charge in [-0.3, -0.25) is 28.6 Å². The van der Waals surface area contributed by atoms with Crippen molar-refractivity contribution < 1.29 is 24.2 Å². The summed E-state index contributed by atoms with van der Waals surface area (Å²) in [5, 5.41) is 31.7. The minimum atomic E-state index is -0.795. The molecule has 2 aliphatic rings. The van der Waals surface area contributed by atoms with Crippen molar-refractivity contribution in [2.75, 3.05) is 26.3 Å². The Labute approximate surface area is 397 Å². The Morgan fingerprint density at radius 2 is 1.74 bits per heavy atom. The number of fused-ring (bicyclic) bond motifs is 3. The molecule has 4 aromatic heterocycles. The largest absolute Gasteiger partial charge is 0.391 e. The van der Waals surface area contributed by atoms with Gasteiger partial charge >= 0.3 is 0 Å². The Hall–Kier alpha value is -5.59. The number of likely N-dealkylation sites (tertiary alicyclic amines) is 1. The van der Waals surface area contributed by atoms with Gasteiger partial charge < -0.3 is 25.4 Å². The number of aliphatic hydroxyl groups excluding tert-OH is 1. The molecule has 3 N–H and O–H groups in total. The molecular formula is C48H55ClN10O5S2. The highest BCUT2D eigenvalue weighted by molar-refractivity contribution is 7.15. The number of halogens is 1. The minimum Gasteiger partial charge on any atom is -0.391 e. The van der Waals surface area contributed by atoms with Gasteiger partial charge in [0.25, 0.3) is 0 Å². The molecule has 6 aromatic rings. The summed E-state index contributed by atoms with van der Waals surface area (Å²) < 4.78 is 9.71. The van der Waals surface area contributed by atoms with E-state index in [1.807, 2.05) is 92.5 Å². The van der Waals surface area contributed by atoms with E-state index >= 15 is 0 Å². The van der Waals surface area contributed by atoms with E-state index in [0.29, 0.717) is 50.1 Å². The number of hydrogen-bond donors (Lipinski definition) is 3. The first-order valence-electron chi connectivity index (χ1n) is 22.3. The van der Waals surface area contributed by atoms with Gasteiger partial charge in [0.05, 0.1) is 53.0 Å². The van der Waals surface area contributed by atoms with Crippen LogP contribution in [0.15, 0.2) is 71.4 Å². The summed E-state index contributed by atoms with van der Waals surface area (Å²) >= 11 is 9.50. The zero-order valence-corrected chi connectivity index (χ0v) is 40.3. The average Bonchev–Trinajstić information content (AvgIpc) is 4.14. The smallest absolute Gasteiger partial charge is 0.243 e. The number of benzene rings is 2. The zero-order valence-electron chi connectivity index (χ0n) is 38.0. The second-order valence-electron chi connectivity index (χ2n) is 17.3.